The van der Waals surface area contributed by atoms with Crippen LogP contribution in [-0.4, -0.2) is 38.7 Å². The molecule has 0 aliphatic heterocycles. The van der Waals surface area contributed by atoms with Crippen molar-refractivity contribution in [3.05, 3.63) is 24.3 Å². The molecule has 282 valence electrons. The fourth-order valence-corrected chi connectivity index (χ4v) is 7.49. The highest BCUT2D eigenvalue weighted by Gasteiger charge is 2.34. The molecule has 0 saturated heterocycles. The molecule has 6 nitrogen and oxygen atoms in total. The van der Waals surface area contributed by atoms with Gasteiger partial charge in [0.2, 0.25) is 5.91 Å². The van der Waals surface area contributed by atoms with Gasteiger partial charge in [-0.3, -0.25) is 4.79 Å². The lowest BCUT2D eigenvalue weighted by molar-refractivity contribution is -0.121. The van der Waals surface area contributed by atoms with E-state index in [0.717, 1.165) is 62.5 Å². The zero-order valence-corrected chi connectivity index (χ0v) is 32.0. The largest absolute Gasteiger partial charge is 0.356 e. The van der Waals surface area contributed by atoms with Gasteiger partial charge in [0, 0.05) is 19.5 Å². The normalized spacial score (nSPS) is 19.4. The molecule has 0 aromatic rings. The lowest BCUT2D eigenvalue weighted by atomic mass is 9.65. The van der Waals surface area contributed by atoms with Crippen LogP contribution in [-0.2, 0) is 9.63 Å². The first-order valence-corrected chi connectivity index (χ1v) is 21.0. The van der Waals surface area contributed by atoms with Crippen molar-refractivity contribution in [2.24, 2.45) is 35.1 Å². The van der Waals surface area contributed by atoms with E-state index in [1.54, 1.807) is 0 Å². The fraction of sp³-hybridized carbons (Fsp3) is 0.881. The number of rotatable bonds is 35. The molecule has 0 spiro atoms. The number of nitrogens with two attached hydrogens (primary N) is 2. The van der Waals surface area contributed by atoms with Crippen molar-refractivity contribution in [2.75, 3.05) is 32.8 Å². The second kappa shape index (κ2) is 34.2. The Balaban J connectivity index is 2.66. The van der Waals surface area contributed by atoms with Gasteiger partial charge in [-0.1, -0.05) is 134 Å². The van der Waals surface area contributed by atoms with Gasteiger partial charge in [0.05, 0.1) is 6.61 Å². The Hall–Kier alpha value is -1.21. The summed E-state index contributed by atoms with van der Waals surface area (Å²) >= 11 is 0. The van der Waals surface area contributed by atoms with Gasteiger partial charge in [0.15, 0.2) is 0 Å². The van der Waals surface area contributed by atoms with Crippen molar-refractivity contribution in [1.29, 1.82) is 0 Å². The smallest absolute Gasteiger partial charge is 0.219 e. The molecule has 0 aromatic heterocycles. The molecule has 0 aromatic carbocycles. The number of unbranched alkanes of at least 4 members (excludes halogenated alkanes) is 15. The van der Waals surface area contributed by atoms with Gasteiger partial charge >= 0.3 is 0 Å². The summed E-state index contributed by atoms with van der Waals surface area (Å²) in [7, 11) is 0. The predicted octanol–water partition coefficient (Wildman–Crippen LogP) is 10.3. The molecule has 6 N–H and O–H groups in total. The molecule has 48 heavy (non-hydrogen) atoms. The molecular weight excluding hydrogens is 592 g/mol. The third-order valence-corrected chi connectivity index (χ3v) is 10.5. The number of hydrogen-bond acceptors (Lipinski definition) is 5. The standard InChI is InChI=1S/C42H82N4O2/c1-3-5-7-9-14-20-28-40-38(26-18-8-6-4-2)31-32-39(27-19-13-10-11-17-23-37-48-46-36-25-34-44)41(40)29-21-15-12-16-22-30-42(47)45-35-24-33-43/h14,20,31-32,38-41,46H,3-13,15-19,21-30,33-37,43-44H2,1-2H3,(H,45,47). The van der Waals surface area contributed by atoms with Gasteiger partial charge in [-0.05, 0) is 101 Å². The van der Waals surface area contributed by atoms with Crippen LogP contribution in [0.15, 0.2) is 24.3 Å². The molecule has 1 amide bonds. The van der Waals surface area contributed by atoms with Gasteiger partial charge in [-0.15, -0.1) is 0 Å². The lowest BCUT2D eigenvalue weighted by Gasteiger charge is -2.40. The summed E-state index contributed by atoms with van der Waals surface area (Å²) in [5, 5.41) is 3.00. The molecule has 0 radical (unpaired) electrons. The Morgan fingerprint density at radius 1 is 0.625 bits per heavy atom. The number of amides is 1. The van der Waals surface area contributed by atoms with Gasteiger partial charge in [-0.2, -0.15) is 0 Å². The van der Waals surface area contributed by atoms with Crippen molar-refractivity contribution in [1.82, 2.24) is 10.8 Å². The highest BCUT2D eigenvalue weighted by molar-refractivity contribution is 5.75. The average molecular weight is 675 g/mol. The average Bonchev–Trinajstić information content (AvgIpc) is 3.09. The van der Waals surface area contributed by atoms with E-state index >= 15 is 0 Å². The zero-order chi connectivity index (χ0) is 34.8. The minimum absolute atomic E-state index is 0.191. The maximum absolute atomic E-state index is 12.0. The van der Waals surface area contributed by atoms with Crippen molar-refractivity contribution in [3.8, 4) is 0 Å². The summed E-state index contributed by atoms with van der Waals surface area (Å²) in [4.78, 5) is 17.5. The van der Waals surface area contributed by atoms with Crippen LogP contribution < -0.4 is 22.3 Å². The van der Waals surface area contributed by atoms with E-state index in [1.807, 2.05) is 0 Å². The topological polar surface area (TPSA) is 102 Å². The fourth-order valence-electron chi connectivity index (χ4n) is 7.49. The summed E-state index contributed by atoms with van der Waals surface area (Å²) in [5.41, 5.74) is 14.1. The van der Waals surface area contributed by atoms with Crippen LogP contribution in [0, 0.1) is 23.7 Å². The minimum Gasteiger partial charge on any atom is -0.356 e. The monoisotopic (exact) mass is 675 g/mol. The lowest BCUT2D eigenvalue weighted by Crippen LogP contribution is -2.31. The molecule has 0 fully saturated rings. The van der Waals surface area contributed by atoms with E-state index in [4.69, 9.17) is 16.3 Å². The van der Waals surface area contributed by atoms with Crippen molar-refractivity contribution in [2.45, 2.75) is 181 Å². The Morgan fingerprint density at radius 3 is 1.88 bits per heavy atom. The minimum atomic E-state index is 0.191. The number of carbonyl (C=O) groups excluding carboxylic acids is 1. The quantitative estimate of drug-likeness (QED) is 0.0304. The van der Waals surface area contributed by atoms with Crippen LogP contribution in [0.5, 0.6) is 0 Å². The molecule has 4 atom stereocenters. The summed E-state index contributed by atoms with van der Waals surface area (Å²) in [6.45, 7) is 8.33. The second-order valence-electron chi connectivity index (χ2n) is 14.7. The number of carbonyl (C=O) groups is 1. The van der Waals surface area contributed by atoms with E-state index in [-0.39, 0.29) is 5.91 Å². The predicted molar refractivity (Wildman–Crippen MR) is 209 cm³/mol. The van der Waals surface area contributed by atoms with Crippen LogP contribution in [0.1, 0.15) is 181 Å². The van der Waals surface area contributed by atoms with Gasteiger partial charge in [0.25, 0.3) is 0 Å². The first-order valence-electron chi connectivity index (χ1n) is 21.0. The maximum Gasteiger partial charge on any atom is 0.219 e. The van der Waals surface area contributed by atoms with E-state index < -0.39 is 0 Å². The summed E-state index contributed by atoms with van der Waals surface area (Å²) in [5.74, 6) is 3.27. The van der Waals surface area contributed by atoms with Crippen LogP contribution in [0.25, 0.3) is 0 Å². The Kier molecular flexibility index (Phi) is 32.0. The number of allylic oxidation sites excluding steroid dienone is 4. The van der Waals surface area contributed by atoms with Crippen LogP contribution in [0.2, 0.25) is 0 Å². The zero-order valence-electron chi connectivity index (χ0n) is 32.0. The van der Waals surface area contributed by atoms with Crippen molar-refractivity contribution >= 4 is 5.91 Å². The van der Waals surface area contributed by atoms with Crippen LogP contribution >= 0.6 is 0 Å². The molecule has 4 unspecified atom stereocenters. The number of hydrogen-bond donors (Lipinski definition) is 4. The van der Waals surface area contributed by atoms with Gasteiger partial charge in [-0.25, -0.2) is 5.48 Å². The van der Waals surface area contributed by atoms with Crippen LogP contribution in [0.3, 0.4) is 0 Å². The molecular formula is C42H82N4O2. The van der Waals surface area contributed by atoms with E-state index in [1.165, 1.54) is 135 Å². The van der Waals surface area contributed by atoms with Crippen molar-refractivity contribution < 1.29 is 9.63 Å². The van der Waals surface area contributed by atoms with Gasteiger partial charge in [0.1, 0.15) is 0 Å². The first-order chi connectivity index (χ1) is 23.7. The molecule has 0 bridgehead atoms. The summed E-state index contributed by atoms with van der Waals surface area (Å²) < 4.78 is 0. The Morgan fingerprint density at radius 2 is 1.19 bits per heavy atom. The maximum atomic E-state index is 12.0. The van der Waals surface area contributed by atoms with Crippen molar-refractivity contribution in [3.63, 3.8) is 0 Å². The molecule has 1 aliphatic carbocycles. The third kappa shape index (κ3) is 24.8. The SMILES string of the molecule is CCCCCC=CCC1C(CCCCCC)C=CC(CCCCCCCCONCCCN)C1CCCCCCCC(=O)NCCCN. The van der Waals surface area contributed by atoms with E-state index in [9.17, 15) is 4.79 Å². The first kappa shape index (κ1) is 44.8. The molecule has 1 aliphatic rings. The summed E-state index contributed by atoms with van der Waals surface area (Å²) in [6.07, 6.45) is 42.8. The number of hydroxylamine groups is 1. The third-order valence-electron chi connectivity index (χ3n) is 10.5. The Bertz CT molecular complexity index is 758. The summed E-state index contributed by atoms with van der Waals surface area (Å²) in [6, 6.07) is 0. The van der Waals surface area contributed by atoms with Crippen LogP contribution in [0.4, 0.5) is 0 Å². The molecule has 0 saturated carbocycles. The molecule has 0 heterocycles. The highest BCUT2D eigenvalue weighted by atomic mass is 16.6. The van der Waals surface area contributed by atoms with Gasteiger partial charge < -0.3 is 21.6 Å². The molecule has 1 rings (SSSR count). The Labute approximate surface area is 298 Å². The highest BCUT2D eigenvalue weighted by Crippen LogP contribution is 2.44. The molecule has 6 heteroatoms. The van der Waals surface area contributed by atoms with E-state index in [0.29, 0.717) is 26.1 Å². The second-order valence-corrected chi connectivity index (χ2v) is 14.7. The van der Waals surface area contributed by atoms with E-state index in [2.05, 4.69) is 48.9 Å². The number of nitrogens with one attached hydrogen (secondary N) is 2.